The molecule has 1 heterocycles. The molecule has 0 aliphatic carbocycles. The second kappa shape index (κ2) is 10.6. The minimum absolute atomic E-state index is 0.0309. The van der Waals surface area contributed by atoms with Crippen LogP contribution in [0.1, 0.15) is 29.9 Å². The molecule has 3 N–H and O–H groups in total. The van der Waals surface area contributed by atoms with Gasteiger partial charge in [-0.05, 0) is 30.5 Å². The Labute approximate surface area is 200 Å². The van der Waals surface area contributed by atoms with Gasteiger partial charge >= 0.3 is 17.9 Å². The third-order valence-corrected chi connectivity index (χ3v) is 5.99. The van der Waals surface area contributed by atoms with E-state index in [1.807, 2.05) is 30.3 Å². The van der Waals surface area contributed by atoms with Gasteiger partial charge in [-0.15, -0.1) is 0 Å². The number of hydrogen-bond acceptors (Lipinski definition) is 5. The molecule has 1 aliphatic heterocycles. The molecule has 7 nitrogen and oxygen atoms in total. The van der Waals surface area contributed by atoms with Crippen LogP contribution in [-0.2, 0) is 25.5 Å². The lowest BCUT2D eigenvalue weighted by Crippen LogP contribution is -2.34. The summed E-state index contributed by atoms with van der Waals surface area (Å²) in [7, 11) is 1.18. The highest BCUT2D eigenvalue weighted by molar-refractivity contribution is 6.36. The number of esters is 1. The molecule has 0 fully saturated rings. The van der Waals surface area contributed by atoms with Gasteiger partial charge in [0, 0.05) is 27.0 Å². The van der Waals surface area contributed by atoms with E-state index in [1.54, 1.807) is 6.07 Å². The minimum atomic E-state index is -1.40. The van der Waals surface area contributed by atoms with E-state index in [1.165, 1.54) is 19.2 Å². The van der Waals surface area contributed by atoms with Crippen LogP contribution < -0.4 is 5.32 Å². The molecule has 1 unspecified atom stereocenters. The smallest absolute Gasteiger partial charge is 0.334 e. The Balaban J connectivity index is 2.22. The number of benzene rings is 2. The lowest BCUT2D eigenvalue weighted by Gasteiger charge is -2.32. The Hall–Kier alpha value is -3.29. The zero-order valence-electron chi connectivity index (χ0n) is 17.6. The largest absolute Gasteiger partial charge is 0.478 e. The van der Waals surface area contributed by atoms with E-state index in [4.69, 9.17) is 27.9 Å². The van der Waals surface area contributed by atoms with Crippen LogP contribution in [-0.4, -0.2) is 35.2 Å². The molecule has 9 heteroatoms. The average Bonchev–Trinajstić information content (AvgIpc) is 2.77. The van der Waals surface area contributed by atoms with E-state index in [2.05, 4.69) is 5.32 Å². The Kier molecular flexibility index (Phi) is 7.79. The number of aryl methyl sites for hydroxylation is 1. The second-order valence-electron chi connectivity index (χ2n) is 7.33. The first-order valence-electron chi connectivity index (χ1n) is 9.98. The van der Waals surface area contributed by atoms with Crippen LogP contribution in [0.2, 0.25) is 10.0 Å². The molecule has 0 amide bonds. The number of carbonyl (C=O) groups is 3. The molecule has 0 aromatic heterocycles. The zero-order valence-corrected chi connectivity index (χ0v) is 19.1. The number of nitrogens with one attached hydrogen (secondary N) is 1. The first-order chi connectivity index (χ1) is 15.7. The van der Waals surface area contributed by atoms with Crippen LogP contribution in [0, 0.1) is 0 Å². The van der Waals surface area contributed by atoms with Crippen molar-refractivity contribution in [1.82, 2.24) is 5.32 Å². The fraction of sp³-hybridized carbons (Fsp3) is 0.208. The highest BCUT2D eigenvalue weighted by Gasteiger charge is 2.40. The molecule has 0 saturated carbocycles. The van der Waals surface area contributed by atoms with Crippen LogP contribution in [0.5, 0.6) is 0 Å². The van der Waals surface area contributed by atoms with Crippen molar-refractivity contribution >= 4 is 41.1 Å². The van der Waals surface area contributed by atoms with Crippen molar-refractivity contribution < 1.29 is 29.3 Å². The fourth-order valence-corrected chi connectivity index (χ4v) is 4.47. The van der Waals surface area contributed by atoms with Gasteiger partial charge in [-0.25, -0.2) is 9.59 Å². The first kappa shape index (κ1) is 24.4. The maximum Gasteiger partial charge on any atom is 0.334 e. The van der Waals surface area contributed by atoms with Gasteiger partial charge in [-0.1, -0.05) is 59.6 Å². The monoisotopic (exact) mass is 489 g/mol. The summed E-state index contributed by atoms with van der Waals surface area (Å²) in [5.74, 6) is -4.69. The van der Waals surface area contributed by atoms with Crippen LogP contribution in [0.4, 0.5) is 0 Å². The van der Waals surface area contributed by atoms with Crippen molar-refractivity contribution in [2.75, 3.05) is 7.11 Å². The number of allylic oxidation sites excluding steroid dienone is 1. The summed E-state index contributed by atoms with van der Waals surface area (Å²) in [5, 5.41) is 23.3. The lowest BCUT2D eigenvalue weighted by atomic mass is 9.78. The minimum Gasteiger partial charge on any atom is -0.478 e. The third-order valence-electron chi connectivity index (χ3n) is 5.33. The molecule has 0 spiro atoms. The van der Waals surface area contributed by atoms with Crippen LogP contribution in [0.25, 0.3) is 0 Å². The van der Waals surface area contributed by atoms with Gasteiger partial charge < -0.3 is 20.3 Å². The van der Waals surface area contributed by atoms with Gasteiger partial charge in [0.05, 0.1) is 30.6 Å². The van der Waals surface area contributed by atoms with Crippen molar-refractivity contribution in [2.45, 2.75) is 25.2 Å². The number of dihydropyridines is 1. The summed E-state index contributed by atoms with van der Waals surface area (Å²) in [5.41, 5.74) is 0.908. The van der Waals surface area contributed by atoms with E-state index in [0.29, 0.717) is 6.42 Å². The van der Waals surface area contributed by atoms with Crippen LogP contribution in [0.3, 0.4) is 0 Å². The topological polar surface area (TPSA) is 113 Å². The van der Waals surface area contributed by atoms with Gasteiger partial charge in [0.25, 0.3) is 0 Å². The molecule has 0 bridgehead atoms. The van der Waals surface area contributed by atoms with Crippen LogP contribution >= 0.6 is 23.2 Å². The van der Waals surface area contributed by atoms with Crippen molar-refractivity contribution in [3.63, 3.8) is 0 Å². The van der Waals surface area contributed by atoms with Crippen molar-refractivity contribution in [2.24, 2.45) is 0 Å². The van der Waals surface area contributed by atoms with Gasteiger partial charge in [0.2, 0.25) is 0 Å². The number of halogens is 2. The quantitative estimate of drug-likeness (QED) is 0.466. The number of aliphatic carboxylic acids is 2. The molecule has 1 atom stereocenters. The molecule has 2 aromatic carbocycles. The normalized spacial score (nSPS) is 15.8. The highest BCUT2D eigenvalue weighted by atomic mass is 35.5. The Bertz CT molecular complexity index is 1140. The van der Waals surface area contributed by atoms with E-state index in [-0.39, 0.29) is 44.6 Å². The number of carbonyl (C=O) groups excluding carboxylic acids is 1. The van der Waals surface area contributed by atoms with E-state index >= 15 is 0 Å². The fourth-order valence-electron chi connectivity index (χ4n) is 3.86. The molecular formula is C24H21Cl2NO6. The predicted octanol–water partition coefficient (Wildman–Crippen LogP) is 4.55. The van der Waals surface area contributed by atoms with Gasteiger partial charge in [0.15, 0.2) is 0 Å². The van der Waals surface area contributed by atoms with E-state index in [0.717, 1.165) is 5.56 Å². The Morgan fingerprint density at radius 1 is 0.879 bits per heavy atom. The highest BCUT2D eigenvalue weighted by Crippen LogP contribution is 2.45. The standard InChI is InChI=1S/C24H21Cl2NO6/c1-33-18(28)12-17-21(24(31)32)22(19-14(25)8-5-9-15(19)26)20(23(29)30)16(27-17)11-10-13-6-3-2-4-7-13/h2-9,22,27H,10-12H2,1H3,(H,29,30)(H,31,32). The molecule has 2 aromatic rings. The van der Waals surface area contributed by atoms with Crippen molar-refractivity contribution in [1.29, 1.82) is 0 Å². The molecule has 0 radical (unpaired) electrons. The number of methoxy groups -OCH3 is 1. The maximum atomic E-state index is 12.4. The third kappa shape index (κ3) is 5.38. The van der Waals surface area contributed by atoms with Crippen molar-refractivity contribution in [3.8, 4) is 0 Å². The summed E-state index contributed by atoms with van der Waals surface area (Å²) < 4.78 is 4.72. The lowest BCUT2D eigenvalue weighted by molar-refractivity contribution is -0.139. The zero-order chi connectivity index (χ0) is 24.1. The number of ether oxygens (including phenoxy) is 1. The van der Waals surface area contributed by atoms with Gasteiger partial charge in [-0.3, -0.25) is 4.79 Å². The predicted molar refractivity (Wildman–Crippen MR) is 123 cm³/mol. The summed E-state index contributed by atoms with van der Waals surface area (Å²) in [4.78, 5) is 36.8. The Morgan fingerprint density at radius 2 is 1.45 bits per heavy atom. The summed E-state index contributed by atoms with van der Waals surface area (Å²) in [6.07, 6.45) is 0.344. The Morgan fingerprint density at radius 3 is 2.00 bits per heavy atom. The van der Waals surface area contributed by atoms with E-state index in [9.17, 15) is 24.6 Å². The number of carboxylic acids is 2. The van der Waals surface area contributed by atoms with Crippen molar-refractivity contribution in [3.05, 3.63) is 92.2 Å². The van der Waals surface area contributed by atoms with Crippen LogP contribution in [0.15, 0.2) is 71.1 Å². The molecule has 0 saturated heterocycles. The average molecular weight is 490 g/mol. The SMILES string of the molecule is COC(=O)CC1=C(C(=O)O)C(c2c(Cl)cccc2Cl)C(C(=O)O)=C(CCc2ccccc2)N1. The molecule has 33 heavy (non-hydrogen) atoms. The first-order valence-corrected chi connectivity index (χ1v) is 10.7. The summed E-state index contributed by atoms with van der Waals surface area (Å²) in [6.45, 7) is 0. The number of hydrogen-bond donors (Lipinski definition) is 3. The molecular weight excluding hydrogens is 469 g/mol. The number of rotatable bonds is 8. The second-order valence-corrected chi connectivity index (χ2v) is 8.14. The molecule has 172 valence electrons. The van der Waals surface area contributed by atoms with Gasteiger partial charge in [-0.2, -0.15) is 0 Å². The molecule has 1 aliphatic rings. The summed E-state index contributed by atoms with van der Waals surface area (Å²) in [6, 6.07) is 14.0. The van der Waals surface area contributed by atoms with Gasteiger partial charge in [0.1, 0.15) is 0 Å². The van der Waals surface area contributed by atoms with E-state index < -0.39 is 30.2 Å². The number of carboxylic acid groups (broad SMARTS) is 2. The summed E-state index contributed by atoms with van der Waals surface area (Å²) >= 11 is 12.8. The maximum absolute atomic E-state index is 12.4. The molecule has 3 rings (SSSR count).